The van der Waals surface area contributed by atoms with Gasteiger partial charge in [-0.05, 0) is 45.1 Å². The van der Waals surface area contributed by atoms with Crippen LogP contribution in [0.15, 0.2) is 16.6 Å². The van der Waals surface area contributed by atoms with Crippen LogP contribution < -0.4 is 4.74 Å². The predicted molar refractivity (Wildman–Crippen MR) is 65.8 cm³/mol. The second kappa shape index (κ2) is 5.48. The minimum atomic E-state index is -4.68. The number of hydrogen-bond acceptors (Lipinski definition) is 2. The minimum absolute atomic E-state index is 0.0170. The Hall–Kier alpha value is -0.750. The lowest BCUT2D eigenvalue weighted by Gasteiger charge is -2.19. The molecule has 1 rings (SSSR count). The Morgan fingerprint density at radius 2 is 1.83 bits per heavy atom. The lowest BCUT2D eigenvalue weighted by Crippen LogP contribution is -2.20. The first-order chi connectivity index (χ1) is 8.18. The summed E-state index contributed by atoms with van der Waals surface area (Å²) in [4.78, 5) is 0. The first-order valence-electron chi connectivity index (χ1n) is 5.30. The quantitative estimate of drug-likeness (QED) is 0.903. The number of aliphatic hydroxyl groups is 1. The smallest absolute Gasteiger partial charge is 0.418 e. The van der Waals surface area contributed by atoms with Crippen LogP contribution >= 0.6 is 15.9 Å². The monoisotopic (exact) mass is 326 g/mol. The van der Waals surface area contributed by atoms with Crippen molar-refractivity contribution in [3.63, 3.8) is 0 Å². The van der Waals surface area contributed by atoms with E-state index in [4.69, 9.17) is 4.74 Å². The molecule has 0 saturated heterocycles. The molecule has 0 aromatic heterocycles. The molecule has 1 atom stereocenters. The van der Waals surface area contributed by atoms with E-state index >= 15 is 0 Å². The van der Waals surface area contributed by atoms with Crippen molar-refractivity contribution in [2.75, 3.05) is 7.11 Å². The van der Waals surface area contributed by atoms with Crippen molar-refractivity contribution in [1.82, 2.24) is 0 Å². The first kappa shape index (κ1) is 15.3. The molecule has 1 aromatic rings. The Balaban J connectivity index is 3.33. The molecule has 0 heterocycles. The van der Waals surface area contributed by atoms with Crippen LogP contribution in [-0.4, -0.2) is 18.4 Å². The van der Waals surface area contributed by atoms with E-state index in [0.717, 1.165) is 0 Å². The van der Waals surface area contributed by atoms with Gasteiger partial charge in [0, 0.05) is 0 Å². The van der Waals surface area contributed by atoms with Crippen molar-refractivity contribution in [3.05, 3.63) is 27.7 Å². The van der Waals surface area contributed by atoms with Gasteiger partial charge in [-0.1, -0.05) is 13.8 Å². The summed E-state index contributed by atoms with van der Waals surface area (Å²) in [7, 11) is 1.45. The average molecular weight is 327 g/mol. The Bertz CT molecular complexity index is 430. The lowest BCUT2D eigenvalue weighted by atomic mass is 9.97. The first-order valence-corrected chi connectivity index (χ1v) is 6.09. The molecule has 0 radical (unpaired) electrons. The summed E-state index contributed by atoms with van der Waals surface area (Å²) in [5.74, 6) is 0.472. The third-order valence-electron chi connectivity index (χ3n) is 2.55. The SMILES string of the molecule is COc1c(Br)cc(C(O)C(F)(F)F)cc1C(C)C. The third-order valence-corrected chi connectivity index (χ3v) is 3.14. The molecular weight excluding hydrogens is 313 g/mol. The molecule has 0 spiro atoms. The van der Waals surface area contributed by atoms with E-state index in [-0.39, 0.29) is 11.5 Å². The molecule has 0 amide bonds. The second-order valence-electron chi connectivity index (χ2n) is 4.22. The maximum Gasteiger partial charge on any atom is 0.418 e. The molecule has 0 saturated carbocycles. The molecule has 0 aliphatic carbocycles. The van der Waals surface area contributed by atoms with Crippen LogP contribution in [0.1, 0.15) is 37.0 Å². The molecule has 1 N–H and O–H groups in total. The van der Waals surface area contributed by atoms with E-state index in [1.165, 1.54) is 19.2 Å². The number of methoxy groups -OCH3 is 1. The van der Waals surface area contributed by atoms with Crippen LogP contribution in [0, 0.1) is 0 Å². The summed E-state index contributed by atoms with van der Waals surface area (Å²) in [5, 5.41) is 9.26. The second-order valence-corrected chi connectivity index (χ2v) is 5.08. The minimum Gasteiger partial charge on any atom is -0.495 e. The number of rotatable bonds is 3. The van der Waals surface area contributed by atoms with Gasteiger partial charge in [0.05, 0.1) is 11.6 Å². The summed E-state index contributed by atoms with van der Waals surface area (Å²) in [6, 6.07) is 2.55. The van der Waals surface area contributed by atoms with Gasteiger partial charge in [-0.15, -0.1) is 0 Å². The number of alkyl halides is 3. The van der Waals surface area contributed by atoms with E-state index in [1.54, 1.807) is 0 Å². The maximum absolute atomic E-state index is 12.5. The summed E-state index contributed by atoms with van der Waals surface area (Å²) >= 11 is 3.16. The fourth-order valence-electron chi connectivity index (χ4n) is 1.63. The van der Waals surface area contributed by atoms with Gasteiger partial charge in [0.25, 0.3) is 0 Å². The topological polar surface area (TPSA) is 29.5 Å². The van der Waals surface area contributed by atoms with Gasteiger partial charge in [-0.2, -0.15) is 13.2 Å². The van der Waals surface area contributed by atoms with Crippen LogP contribution in [0.5, 0.6) is 5.75 Å². The van der Waals surface area contributed by atoms with Crippen LogP contribution in [0.4, 0.5) is 13.2 Å². The van der Waals surface area contributed by atoms with Gasteiger partial charge >= 0.3 is 6.18 Å². The molecule has 102 valence electrons. The van der Waals surface area contributed by atoms with Crippen LogP contribution in [0.25, 0.3) is 0 Å². The van der Waals surface area contributed by atoms with Crippen molar-refractivity contribution in [2.45, 2.75) is 32.0 Å². The third kappa shape index (κ3) is 3.17. The summed E-state index contributed by atoms with van der Waals surface area (Å²) in [6.07, 6.45) is -7.17. The number of benzene rings is 1. The van der Waals surface area contributed by atoms with Gasteiger partial charge in [0.1, 0.15) is 5.75 Å². The fraction of sp³-hybridized carbons (Fsp3) is 0.500. The molecule has 1 aromatic carbocycles. The van der Waals surface area contributed by atoms with Gasteiger partial charge in [0.15, 0.2) is 6.10 Å². The average Bonchev–Trinajstić information content (AvgIpc) is 2.25. The Morgan fingerprint density at radius 1 is 1.28 bits per heavy atom. The van der Waals surface area contributed by atoms with Crippen LogP contribution in [-0.2, 0) is 0 Å². The molecule has 2 nitrogen and oxygen atoms in total. The van der Waals surface area contributed by atoms with Crippen molar-refractivity contribution in [2.24, 2.45) is 0 Å². The van der Waals surface area contributed by atoms with Crippen LogP contribution in [0.3, 0.4) is 0 Å². The maximum atomic E-state index is 12.5. The Labute approximate surface area is 112 Å². The van der Waals surface area contributed by atoms with Crippen molar-refractivity contribution in [3.8, 4) is 5.75 Å². The lowest BCUT2D eigenvalue weighted by molar-refractivity contribution is -0.206. The van der Waals surface area contributed by atoms with Gasteiger partial charge in [-0.3, -0.25) is 0 Å². The van der Waals surface area contributed by atoms with E-state index in [0.29, 0.717) is 15.8 Å². The highest BCUT2D eigenvalue weighted by Crippen LogP contribution is 2.40. The van der Waals surface area contributed by atoms with E-state index in [1.807, 2.05) is 13.8 Å². The predicted octanol–water partition coefficient (Wildman–Crippen LogP) is 4.18. The highest BCUT2D eigenvalue weighted by molar-refractivity contribution is 9.10. The molecule has 0 aliphatic rings. The summed E-state index contributed by atoms with van der Waals surface area (Å²) in [5.41, 5.74) is 0.420. The van der Waals surface area contributed by atoms with Gasteiger partial charge < -0.3 is 9.84 Å². The zero-order valence-electron chi connectivity index (χ0n) is 10.2. The van der Waals surface area contributed by atoms with Gasteiger partial charge in [-0.25, -0.2) is 0 Å². The molecular formula is C12H14BrF3O2. The Morgan fingerprint density at radius 3 is 2.22 bits per heavy atom. The number of ether oxygens (including phenoxy) is 1. The highest BCUT2D eigenvalue weighted by atomic mass is 79.9. The number of halogens is 4. The molecule has 0 fully saturated rings. The normalized spacial score (nSPS) is 13.8. The van der Waals surface area contributed by atoms with Gasteiger partial charge in [0.2, 0.25) is 0 Å². The summed E-state index contributed by atoms with van der Waals surface area (Å²) in [6.45, 7) is 3.68. The molecule has 0 aliphatic heterocycles. The van der Waals surface area contributed by atoms with Crippen molar-refractivity contribution < 1.29 is 23.0 Å². The number of aliphatic hydroxyl groups excluding tert-OH is 1. The molecule has 6 heteroatoms. The molecule has 18 heavy (non-hydrogen) atoms. The summed E-state index contributed by atoms with van der Waals surface area (Å²) < 4.78 is 43.0. The van der Waals surface area contributed by atoms with Crippen molar-refractivity contribution >= 4 is 15.9 Å². The molecule has 0 bridgehead atoms. The van der Waals surface area contributed by atoms with Crippen LogP contribution in [0.2, 0.25) is 0 Å². The highest BCUT2D eigenvalue weighted by Gasteiger charge is 2.40. The number of hydrogen-bond donors (Lipinski definition) is 1. The fourth-order valence-corrected chi connectivity index (χ4v) is 2.28. The largest absolute Gasteiger partial charge is 0.495 e. The molecule has 1 unspecified atom stereocenters. The zero-order chi connectivity index (χ0) is 14.1. The Kier molecular flexibility index (Phi) is 4.66. The van der Waals surface area contributed by atoms with E-state index < -0.39 is 12.3 Å². The van der Waals surface area contributed by atoms with E-state index in [9.17, 15) is 18.3 Å². The zero-order valence-corrected chi connectivity index (χ0v) is 11.8. The van der Waals surface area contributed by atoms with E-state index in [2.05, 4.69) is 15.9 Å². The van der Waals surface area contributed by atoms with Crippen molar-refractivity contribution in [1.29, 1.82) is 0 Å². The standard InChI is InChI=1S/C12H14BrF3O2/c1-6(2)8-4-7(11(17)12(14,15)16)5-9(13)10(8)18-3/h4-6,11,17H,1-3H3.